The number of amides is 1. The molecule has 1 heterocycles. The Morgan fingerprint density at radius 2 is 1.87 bits per heavy atom. The molecule has 1 N–H and O–H groups in total. The van der Waals surface area contributed by atoms with Crippen LogP contribution in [0.4, 0.5) is 5.69 Å². The smallest absolute Gasteiger partial charge is 0.242 e. The summed E-state index contributed by atoms with van der Waals surface area (Å²) in [5, 5.41) is 1.65. The molecule has 1 atom stereocenters. The van der Waals surface area contributed by atoms with E-state index in [1.165, 1.54) is 12.5 Å². The minimum absolute atomic E-state index is 0.0553. The lowest BCUT2D eigenvalue weighted by atomic mass is 10.0. The van der Waals surface area contributed by atoms with E-state index in [0.717, 1.165) is 19.3 Å². The highest BCUT2D eigenvalue weighted by atomic mass is 32.2. The van der Waals surface area contributed by atoms with Gasteiger partial charge in [0.1, 0.15) is 5.25 Å². The zero-order chi connectivity index (χ0) is 16.9. The molecule has 0 bridgehead atoms. The normalized spacial score (nSPS) is 17.7. The Bertz CT molecular complexity index is 618. The molecule has 128 valence electrons. The van der Waals surface area contributed by atoms with Crippen molar-refractivity contribution >= 4 is 21.4 Å². The summed E-state index contributed by atoms with van der Waals surface area (Å²) >= 11 is 0. The predicted molar refractivity (Wildman–Crippen MR) is 91.2 cm³/mol. The number of rotatable bonds is 6. The van der Waals surface area contributed by atoms with E-state index in [9.17, 15) is 13.2 Å². The van der Waals surface area contributed by atoms with E-state index in [4.69, 9.17) is 4.74 Å². The van der Waals surface area contributed by atoms with Gasteiger partial charge in [0.05, 0.1) is 5.75 Å². The number of carbonyl (C=O) groups is 1. The summed E-state index contributed by atoms with van der Waals surface area (Å²) < 4.78 is 30.1. The van der Waals surface area contributed by atoms with Gasteiger partial charge in [0.2, 0.25) is 5.91 Å². The van der Waals surface area contributed by atoms with Crippen LogP contribution >= 0.6 is 0 Å². The molecule has 0 unspecified atom stereocenters. The predicted octanol–water partition coefficient (Wildman–Crippen LogP) is 2.42. The van der Waals surface area contributed by atoms with Gasteiger partial charge in [-0.3, -0.25) is 4.79 Å². The summed E-state index contributed by atoms with van der Waals surface area (Å²) in [5.74, 6) is -0.325. The molecule has 1 aliphatic heterocycles. The van der Waals surface area contributed by atoms with Crippen molar-refractivity contribution in [3.05, 3.63) is 29.8 Å². The number of hydrogen-bond donors (Lipinski definition) is 1. The fourth-order valence-electron chi connectivity index (χ4n) is 2.62. The third-order valence-electron chi connectivity index (χ3n) is 4.35. The lowest BCUT2D eigenvalue weighted by Gasteiger charge is -2.23. The van der Waals surface area contributed by atoms with Crippen molar-refractivity contribution in [2.24, 2.45) is 5.92 Å². The van der Waals surface area contributed by atoms with Gasteiger partial charge >= 0.3 is 0 Å². The number of anilines is 1. The van der Waals surface area contributed by atoms with Crippen molar-refractivity contribution in [2.45, 2.75) is 38.4 Å². The summed E-state index contributed by atoms with van der Waals surface area (Å²) in [6.45, 7) is 4.72. The van der Waals surface area contributed by atoms with Crippen molar-refractivity contribution in [1.82, 2.24) is 0 Å². The number of nitrogens with one attached hydrogen (secondary N) is 1. The fourth-order valence-corrected chi connectivity index (χ4v) is 4.28. The minimum atomic E-state index is -3.46. The third-order valence-corrected chi connectivity index (χ3v) is 6.57. The molecule has 1 fully saturated rings. The molecule has 0 aromatic heterocycles. The van der Waals surface area contributed by atoms with Crippen molar-refractivity contribution in [2.75, 3.05) is 24.3 Å². The van der Waals surface area contributed by atoms with Crippen LogP contribution < -0.4 is 5.32 Å². The second-order valence-corrected chi connectivity index (χ2v) is 8.43. The number of aryl methyl sites for hydroxylation is 1. The summed E-state index contributed by atoms with van der Waals surface area (Å²) in [4.78, 5) is 12.2. The highest BCUT2D eigenvalue weighted by molar-refractivity contribution is 7.92. The molecule has 0 radical (unpaired) electrons. The third kappa shape index (κ3) is 5.04. The first-order valence-corrected chi connectivity index (χ1v) is 9.83. The van der Waals surface area contributed by atoms with Gasteiger partial charge in [-0.15, -0.1) is 0 Å². The van der Waals surface area contributed by atoms with E-state index in [2.05, 4.69) is 12.2 Å². The maximum atomic E-state index is 12.4. The SMILES string of the molecule is CCc1ccc(NC(=O)[C@H](C)S(=O)(=O)CC2CCOCC2)cc1. The standard InChI is InChI=1S/C17H25NO4S/c1-3-14-4-6-16(7-5-14)18-17(19)13(2)23(20,21)12-15-8-10-22-11-9-15/h4-7,13,15H,3,8-12H2,1-2H3,(H,18,19)/t13-/m0/s1. The second-order valence-electron chi connectivity index (χ2n) is 6.07. The molecule has 6 heteroatoms. The molecule has 2 rings (SSSR count). The Hall–Kier alpha value is -1.40. The maximum Gasteiger partial charge on any atom is 0.242 e. The van der Waals surface area contributed by atoms with Crippen LogP contribution in [0.25, 0.3) is 0 Å². The van der Waals surface area contributed by atoms with Crippen LogP contribution in [-0.2, 0) is 25.8 Å². The van der Waals surface area contributed by atoms with E-state index in [1.54, 1.807) is 12.1 Å². The number of hydrogen-bond acceptors (Lipinski definition) is 4. The summed E-state index contributed by atoms with van der Waals surface area (Å²) in [7, 11) is -3.46. The Labute approximate surface area is 138 Å². The monoisotopic (exact) mass is 339 g/mol. The van der Waals surface area contributed by atoms with Crippen LogP contribution in [0.15, 0.2) is 24.3 Å². The molecule has 0 saturated carbocycles. The first-order valence-electron chi connectivity index (χ1n) is 8.11. The summed E-state index contributed by atoms with van der Waals surface area (Å²) in [5.41, 5.74) is 1.79. The average molecular weight is 339 g/mol. The lowest BCUT2D eigenvalue weighted by molar-refractivity contribution is -0.115. The zero-order valence-corrected chi connectivity index (χ0v) is 14.6. The molecule has 1 aliphatic rings. The van der Waals surface area contributed by atoms with E-state index in [-0.39, 0.29) is 11.7 Å². The van der Waals surface area contributed by atoms with Gasteiger partial charge in [0.15, 0.2) is 9.84 Å². The molecule has 0 spiro atoms. The van der Waals surface area contributed by atoms with Crippen LogP contribution in [0.5, 0.6) is 0 Å². The quantitative estimate of drug-likeness (QED) is 0.864. The fraction of sp³-hybridized carbons (Fsp3) is 0.588. The van der Waals surface area contributed by atoms with Gasteiger partial charge in [-0.25, -0.2) is 8.42 Å². The van der Waals surface area contributed by atoms with Gasteiger partial charge in [-0.1, -0.05) is 19.1 Å². The molecule has 1 aromatic rings. The molecule has 1 amide bonds. The Balaban J connectivity index is 1.96. The molecule has 23 heavy (non-hydrogen) atoms. The Morgan fingerprint density at radius 1 is 1.26 bits per heavy atom. The van der Waals surface area contributed by atoms with Gasteiger partial charge in [0.25, 0.3) is 0 Å². The Kier molecular flexibility index (Phi) is 6.18. The van der Waals surface area contributed by atoms with Crippen LogP contribution in [-0.4, -0.2) is 38.5 Å². The number of sulfone groups is 1. The molecular formula is C17H25NO4S. The molecule has 1 aromatic carbocycles. The maximum absolute atomic E-state index is 12.4. The van der Waals surface area contributed by atoms with Crippen molar-refractivity contribution in [3.63, 3.8) is 0 Å². The highest BCUT2D eigenvalue weighted by Gasteiger charge is 2.31. The largest absolute Gasteiger partial charge is 0.381 e. The van der Waals surface area contributed by atoms with Crippen LogP contribution in [0, 0.1) is 5.92 Å². The van der Waals surface area contributed by atoms with Crippen molar-refractivity contribution < 1.29 is 17.9 Å². The van der Waals surface area contributed by atoms with E-state index >= 15 is 0 Å². The van der Waals surface area contributed by atoms with Gasteiger partial charge in [-0.05, 0) is 49.8 Å². The molecule has 5 nitrogen and oxygen atoms in total. The summed E-state index contributed by atoms with van der Waals surface area (Å²) in [6, 6.07) is 7.46. The average Bonchev–Trinajstić information content (AvgIpc) is 2.55. The zero-order valence-electron chi connectivity index (χ0n) is 13.7. The van der Waals surface area contributed by atoms with Crippen molar-refractivity contribution in [3.8, 4) is 0 Å². The second kappa shape index (κ2) is 7.93. The first kappa shape index (κ1) is 17.9. The van der Waals surface area contributed by atoms with E-state index in [0.29, 0.717) is 18.9 Å². The molecule has 1 saturated heterocycles. The highest BCUT2D eigenvalue weighted by Crippen LogP contribution is 2.20. The van der Waals surface area contributed by atoms with Crippen LogP contribution in [0.1, 0.15) is 32.3 Å². The topological polar surface area (TPSA) is 72.5 Å². The van der Waals surface area contributed by atoms with Gasteiger partial charge in [0, 0.05) is 18.9 Å². The number of benzene rings is 1. The number of ether oxygens (including phenoxy) is 1. The Morgan fingerprint density at radius 3 is 2.43 bits per heavy atom. The van der Waals surface area contributed by atoms with Gasteiger partial charge in [-0.2, -0.15) is 0 Å². The first-order chi connectivity index (χ1) is 10.9. The molecular weight excluding hydrogens is 314 g/mol. The lowest BCUT2D eigenvalue weighted by Crippen LogP contribution is -2.36. The van der Waals surface area contributed by atoms with Crippen LogP contribution in [0.3, 0.4) is 0 Å². The van der Waals surface area contributed by atoms with Gasteiger partial charge < -0.3 is 10.1 Å². The minimum Gasteiger partial charge on any atom is -0.381 e. The van der Waals surface area contributed by atoms with E-state index < -0.39 is 21.0 Å². The van der Waals surface area contributed by atoms with Crippen molar-refractivity contribution in [1.29, 1.82) is 0 Å². The van der Waals surface area contributed by atoms with E-state index in [1.807, 2.05) is 12.1 Å². The van der Waals surface area contributed by atoms with Crippen LogP contribution in [0.2, 0.25) is 0 Å². The summed E-state index contributed by atoms with van der Waals surface area (Å²) in [6.07, 6.45) is 2.40. The molecule has 0 aliphatic carbocycles. The number of carbonyl (C=O) groups excluding carboxylic acids is 1.